The molecule has 0 saturated carbocycles. The van der Waals surface area contributed by atoms with Gasteiger partial charge in [-0.1, -0.05) is 35.9 Å². The summed E-state index contributed by atoms with van der Waals surface area (Å²) >= 11 is 1.80. The highest BCUT2D eigenvalue weighted by Gasteiger charge is 2.22. The number of aryl methyl sites for hydroxylation is 1. The summed E-state index contributed by atoms with van der Waals surface area (Å²) in [6.07, 6.45) is 7.85. The zero-order valence-corrected chi connectivity index (χ0v) is 16.5. The fourth-order valence-electron chi connectivity index (χ4n) is 3.90. The molecule has 140 valence electrons. The van der Waals surface area contributed by atoms with Crippen LogP contribution in [0.5, 0.6) is 0 Å². The van der Waals surface area contributed by atoms with Crippen molar-refractivity contribution >= 4 is 35.0 Å². The lowest BCUT2D eigenvalue weighted by atomic mass is 9.88. The summed E-state index contributed by atoms with van der Waals surface area (Å²) in [5, 5.41) is 3.47. The average Bonchev–Trinajstić information content (AvgIpc) is 3.03. The van der Waals surface area contributed by atoms with Gasteiger partial charge in [0.15, 0.2) is 0 Å². The van der Waals surface area contributed by atoms with Crippen molar-refractivity contribution in [3.8, 4) is 0 Å². The highest BCUT2D eigenvalue weighted by Crippen LogP contribution is 2.41. The zero-order valence-electron chi connectivity index (χ0n) is 15.7. The van der Waals surface area contributed by atoms with E-state index in [0.29, 0.717) is 13.0 Å². The SMILES string of the molecule is CCOC(=O)CCc1cc2c(s1)C=Cc1ccccc1C2=C1CCNCC1. The van der Waals surface area contributed by atoms with Crippen LogP contribution in [0.25, 0.3) is 17.7 Å². The Morgan fingerprint density at radius 3 is 2.78 bits per heavy atom. The lowest BCUT2D eigenvalue weighted by molar-refractivity contribution is -0.143. The number of esters is 1. The lowest BCUT2D eigenvalue weighted by Gasteiger charge is -2.21. The number of rotatable bonds is 4. The summed E-state index contributed by atoms with van der Waals surface area (Å²) < 4.78 is 5.08. The fourth-order valence-corrected chi connectivity index (χ4v) is 4.97. The summed E-state index contributed by atoms with van der Waals surface area (Å²) in [4.78, 5) is 14.3. The largest absolute Gasteiger partial charge is 0.466 e. The van der Waals surface area contributed by atoms with Crippen molar-refractivity contribution in [1.82, 2.24) is 5.32 Å². The van der Waals surface area contributed by atoms with E-state index in [4.69, 9.17) is 4.74 Å². The zero-order chi connectivity index (χ0) is 18.6. The Morgan fingerprint density at radius 1 is 1.15 bits per heavy atom. The van der Waals surface area contributed by atoms with E-state index in [1.807, 2.05) is 6.92 Å². The molecule has 4 heteroatoms. The van der Waals surface area contributed by atoms with E-state index in [1.165, 1.54) is 32.0 Å². The molecule has 2 aliphatic rings. The van der Waals surface area contributed by atoms with Crippen molar-refractivity contribution < 1.29 is 9.53 Å². The molecule has 2 heterocycles. The van der Waals surface area contributed by atoms with Gasteiger partial charge in [-0.15, -0.1) is 11.3 Å². The van der Waals surface area contributed by atoms with Crippen LogP contribution in [0, 0.1) is 0 Å². The molecule has 2 aromatic rings. The maximum absolute atomic E-state index is 11.7. The number of carbonyl (C=O) groups is 1. The molecular formula is C23H25NO2S. The van der Waals surface area contributed by atoms with Crippen molar-refractivity contribution in [1.29, 1.82) is 0 Å². The number of ether oxygens (including phenoxy) is 1. The molecule has 1 fully saturated rings. The number of benzene rings is 1. The van der Waals surface area contributed by atoms with Gasteiger partial charge in [-0.2, -0.15) is 0 Å². The van der Waals surface area contributed by atoms with Gasteiger partial charge in [-0.3, -0.25) is 4.79 Å². The van der Waals surface area contributed by atoms with Crippen LogP contribution in [-0.2, 0) is 16.0 Å². The van der Waals surface area contributed by atoms with Crippen molar-refractivity contribution in [2.45, 2.75) is 32.6 Å². The first-order valence-corrected chi connectivity index (χ1v) is 10.6. The van der Waals surface area contributed by atoms with Gasteiger partial charge < -0.3 is 10.1 Å². The number of hydrogen-bond acceptors (Lipinski definition) is 4. The van der Waals surface area contributed by atoms with Gasteiger partial charge in [-0.05, 0) is 68.1 Å². The third kappa shape index (κ3) is 3.92. The third-order valence-corrected chi connectivity index (χ3v) is 6.33. The molecule has 0 unspecified atom stereocenters. The molecule has 1 aromatic carbocycles. The Kier molecular flexibility index (Phi) is 5.55. The molecule has 3 nitrogen and oxygen atoms in total. The van der Waals surface area contributed by atoms with E-state index in [-0.39, 0.29) is 5.97 Å². The molecule has 1 N–H and O–H groups in total. The van der Waals surface area contributed by atoms with Crippen LogP contribution in [0.4, 0.5) is 0 Å². The predicted molar refractivity (Wildman–Crippen MR) is 113 cm³/mol. The molecule has 0 spiro atoms. The normalized spacial score (nSPS) is 15.9. The highest BCUT2D eigenvalue weighted by atomic mass is 32.1. The maximum Gasteiger partial charge on any atom is 0.306 e. The van der Waals surface area contributed by atoms with Gasteiger partial charge in [0, 0.05) is 15.3 Å². The van der Waals surface area contributed by atoms with Gasteiger partial charge in [0.2, 0.25) is 0 Å². The molecule has 4 rings (SSSR count). The van der Waals surface area contributed by atoms with Crippen LogP contribution in [0.1, 0.15) is 52.6 Å². The number of hydrogen-bond donors (Lipinski definition) is 1. The van der Waals surface area contributed by atoms with E-state index < -0.39 is 0 Å². The van der Waals surface area contributed by atoms with E-state index in [1.54, 1.807) is 16.9 Å². The van der Waals surface area contributed by atoms with Crippen molar-refractivity contribution in [3.63, 3.8) is 0 Å². The number of piperidine rings is 1. The van der Waals surface area contributed by atoms with Crippen molar-refractivity contribution in [2.75, 3.05) is 19.7 Å². The predicted octanol–water partition coefficient (Wildman–Crippen LogP) is 4.91. The number of nitrogens with one attached hydrogen (secondary N) is 1. The first kappa shape index (κ1) is 18.2. The monoisotopic (exact) mass is 379 g/mol. The average molecular weight is 380 g/mol. The maximum atomic E-state index is 11.7. The summed E-state index contributed by atoms with van der Waals surface area (Å²) in [6.45, 7) is 4.39. The van der Waals surface area contributed by atoms with Gasteiger partial charge in [0.25, 0.3) is 0 Å². The summed E-state index contributed by atoms with van der Waals surface area (Å²) in [6, 6.07) is 11.0. The molecule has 0 amide bonds. The Bertz CT molecular complexity index is 899. The standard InChI is InChI=1S/C23H25NO2S/c1-2-26-22(25)10-8-18-15-20-21(27-18)9-7-16-5-3-4-6-19(16)23(20)17-11-13-24-14-12-17/h3-7,9,15,24H,2,8,10-14H2,1H3. The number of fused-ring (bicyclic) bond motifs is 2. The van der Waals surface area contributed by atoms with Crippen LogP contribution >= 0.6 is 11.3 Å². The molecule has 1 saturated heterocycles. The topological polar surface area (TPSA) is 38.3 Å². The second-order valence-corrected chi connectivity index (χ2v) is 8.11. The van der Waals surface area contributed by atoms with E-state index in [2.05, 4.69) is 47.8 Å². The van der Waals surface area contributed by atoms with E-state index >= 15 is 0 Å². The first-order chi connectivity index (χ1) is 13.3. The van der Waals surface area contributed by atoms with Crippen LogP contribution in [0.15, 0.2) is 35.9 Å². The Morgan fingerprint density at radius 2 is 1.96 bits per heavy atom. The molecule has 0 atom stereocenters. The molecular weight excluding hydrogens is 354 g/mol. The number of carbonyl (C=O) groups excluding carboxylic acids is 1. The second-order valence-electron chi connectivity index (χ2n) is 6.94. The quantitative estimate of drug-likeness (QED) is 0.655. The Hall–Kier alpha value is -2.17. The van der Waals surface area contributed by atoms with E-state index in [9.17, 15) is 4.79 Å². The molecule has 1 aliphatic carbocycles. The smallest absolute Gasteiger partial charge is 0.306 e. The molecule has 1 aromatic heterocycles. The van der Waals surface area contributed by atoms with Gasteiger partial charge in [0.1, 0.15) is 0 Å². The summed E-state index contributed by atoms with van der Waals surface area (Å²) in [7, 11) is 0. The number of thiophene rings is 1. The van der Waals surface area contributed by atoms with Crippen molar-refractivity contribution in [3.05, 3.63) is 62.3 Å². The van der Waals surface area contributed by atoms with Crippen LogP contribution in [0.2, 0.25) is 0 Å². The minimum absolute atomic E-state index is 0.112. The van der Waals surface area contributed by atoms with Crippen LogP contribution in [0.3, 0.4) is 0 Å². The minimum atomic E-state index is -0.112. The lowest BCUT2D eigenvalue weighted by Crippen LogP contribution is -2.24. The fraction of sp³-hybridized carbons (Fsp3) is 0.348. The van der Waals surface area contributed by atoms with Gasteiger partial charge in [0.05, 0.1) is 13.0 Å². The molecule has 1 aliphatic heterocycles. The van der Waals surface area contributed by atoms with Gasteiger partial charge in [-0.25, -0.2) is 0 Å². The second kappa shape index (κ2) is 8.24. The Labute approximate surface area is 164 Å². The Balaban J connectivity index is 1.73. The molecule has 27 heavy (non-hydrogen) atoms. The third-order valence-electron chi connectivity index (χ3n) is 5.17. The van der Waals surface area contributed by atoms with E-state index in [0.717, 1.165) is 32.4 Å². The van der Waals surface area contributed by atoms with Crippen molar-refractivity contribution in [2.24, 2.45) is 0 Å². The van der Waals surface area contributed by atoms with Gasteiger partial charge >= 0.3 is 5.97 Å². The van der Waals surface area contributed by atoms with Crippen LogP contribution in [-0.4, -0.2) is 25.7 Å². The first-order valence-electron chi connectivity index (χ1n) is 9.75. The molecule has 0 bridgehead atoms. The summed E-state index contributed by atoms with van der Waals surface area (Å²) in [5.41, 5.74) is 6.90. The highest BCUT2D eigenvalue weighted by molar-refractivity contribution is 7.13. The molecule has 0 radical (unpaired) electrons. The summed E-state index contributed by atoms with van der Waals surface area (Å²) in [5.74, 6) is -0.112. The van der Waals surface area contributed by atoms with Crippen LogP contribution < -0.4 is 5.32 Å². The minimum Gasteiger partial charge on any atom is -0.466 e.